The first-order valence-corrected chi connectivity index (χ1v) is 10.7. The van der Waals surface area contributed by atoms with Gasteiger partial charge in [-0.3, -0.25) is 4.79 Å². The largest absolute Gasteiger partial charge is 0.378 e. The van der Waals surface area contributed by atoms with Crippen LogP contribution in [0.25, 0.3) is 10.9 Å². The van der Waals surface area contributed by atoms with Crippen molar-refractivity contribution in [1.29, 1.82) is 5.26 Å². The molecule has 6 heteroatoms. The second kappa shape index (κ2) is 7.47. The molecule has 4 atom stereocenters. The number of hydrogen-bond donors (Lipinski definition) is 1. The number of piperidine rings is 1. The molecule has 0 radical (unpaired) electrons. The summed E-state index contributed by atoms with van der Waals surface area (Å²) in [7, 11) is 2.20. The number of hydrogen-bond acceptors (Lipinski definition) is 4. The van der Waals surface area contributed by atoms with Gasteiger partial charge in [0.25, 0.3) is 0 Å². The minimum Gasteiger partial charge on any atom is -0.378 e. The summed E-state index contributed by atoms with van der Waals surface area (Å²) in [5.41, 5.74) is 4.07. The number of nitrogens with zero attached hydrogens (tertiary/aromatic N) is 3. The predicted molar refractivity (Wildman–Crippen MR) is 110 cm³/mol. The summed E-state index contributed by atoms with van der Waals surface area (Å²) >= 11 is 0. The molecule has 0 bridgehead atoms. The lowest BCUT2D eigenvalue weighted by atomic mass is 9.71. The number of likely N-dealkylation sites (tertiary alicyclic amines) is 1. The van der Waals surface area contributed by atoms with Gasteiger partial charge >= 0.3 is 0 Å². The highest BCUT2D eigenvalue weighted by Gasteiger charge is 2.40. The van der Waals surface area contributed by atoms with Crippen LogP contribution in [-0.4, -0.2) is 66.6 Å². The molecule has 1 amide bonds. The van der Waals surface area contributed by atoms with Gasteiger partial charge in [0, 0.05) is 48.7 Å². The number of likely N-dealkylation sites (N-methyl/N-ethyl adjacent to an activating group) is 1. The number of carbonyl (C=O) groups is 1. The molecule has 5 rings (SSSR count). The van der Waals surface area contributed by atoms with Gasteiger partial charge in [0.1, 0.15) is 5.92 Å². The first-order chi connectivity index (χ1) is 14.2. The van der Waals surface area contributed by atoms with Gasteiger partial charge in [-0.15, -0.1) is 0 Å². The van der Waals surface area contributed by atoms with Crippen LogP contribution < -0.4 is 0 Å². The van der Waals surface area contributed by atoms with Crippen LogP contribution in [0.1, 0.15) is 29.9 Å². The Bertz CT molecular complexity index is 955. The molecule has 3 heterocycles. The number of benzene rings is 1. The summed E-state index contributed by atoms with van der Waals surface area (Å²) in [6.07, 6.45) is 4.93. The summed E-state index contributed by atoms with van der Waals surface area (Å²) < 4.78 is 5.35. The third-order valence-corrected chi connectivity index (χ3v) is 7.16. The normalized spacial score (nSPS) is 28.0. The summed E-state index contributed by atoms with van der Waals surface area (Å²) in [5, 5.41) is 11.1. The number of carbonyl (C=O) groups excluding carboxylic acids is 1. The number of aromatic nitrogens is 1. The highest BCUT2D eigenvalue weighted by molar-refractivity contribution is 5.88. The fourth-order valence-electron chi connectivity index (χ4n) is 5.77. The standard InChI is InChI=1S/C23H28N4O2/c1-26-14-15(9-16(12-24)23(28)27-5-7-29-8-6-27)10-19-18-3-2-4-20-22(18)17(13-25-20)11-21(19)26/h2-4,13,15-16,19,21,25H,5-11,14H2,1H3/t15-,16?,19-,21-/m1/s1. The molecule has 3 aliphatic rings. The van der Waals surface area contributed by atoms with Crippen molar-refractivity contribution in [3.8, 4) is 6.07 Å². The minimum atomic E-state index is -0.551. The third-order valence-electron chi connectivity index (χ3n) is 7.16. The lowest BCUT2D eigenvalue weighted by Crippen LogP contribution is -2.49. The molecule has 0 saturated carbocycles. The highest BCUT2D eigenvalue weighted by Crippen LogP contribution is 2.45. The number of nitrogens with one attached hydrogen (secondary N) is 1. The van der Waals surface area contributed by atoms with Gasteiger partial charge < -0.3 is 19.5 Å². The number of aromatic amines is 1. The number of rotatable bonds is 3. The van der Waals surface area contributed by atoms with E-state index in [2.05, 4.69) is 47.4 Å². The van der Waals surface area contributed by atoms with E-state index in [1.165, 1.54) is 22.0 Å². The maximum atomic E-state index is 12.9. The van der Waals surface area contributed by atoms with Crippen molar-refractivity contribution in [1.82, 2.24) is 14.8 Å². The molecular formula is C23H28N4O2. The number of ether oxygens (including phenoxy) is 1. The van der Waals surface area contributed by atoms with Crippen LogP contribution in [0, 0.1) is 23.2 Å². The van der Waals surface area contributed by atoms with E-state index in [0.717, 1.165) is 19.4 Å². The van der Waals surface area contributed by atoms with Crippen molar-refractivity contribution in [2.75, 3.05) is 39.9 Å². The molecule has 1 aromatic heterocycles. The van der Waals surface area contributed by atoms with Crippen LogP contribution in [0.2, 0.25) is 0 Å². The van der Waals surface area contributed by atoms with Gasteiger partial charge in [0.15, 0.2) is 0 Å². The molecule has 1 aliphatic carbocycles. The van der Waals surface area contributed by atoms with Gasteiger partial charge in [0.05, 0.1) is 19.3 Å². The number of amides is 1. The van der Waals surface area contributed by atoms with Gasteiger partial charge in [-0.2, -0.15) is 5.26 Å². The Balaban J connectivity index is 1.36. The van der Waals surface area contributed by atoms with Crippen LogP contribution in [0.5, 0.6) is 0 Å². The quantitative estimate of drug-likeness (QED) is 0.871. The van der Waals surface area contributed by atoms with Crippen molar-refractivity contribution in [3.05, 3.63) is 35.5 Å². The second-order valence-electron chi connectivity index (χ2n) is 8.86. The molecule has 2 saturated heterocycles. The number of nitriles is 1. The van der Waals surface area contributed by atoms with E-state index in [-0.39, 0.29) is 5.91 Å². The smallest absolute Gasteiger partial charge is 0.240 e. The van der Waals surface area contributed by atoms with E-state index < -0.39 is 5.92 Å². The molecule has 1 aromatic carbocycles. The second-order valence-corrected chi connectivity index (χ2v) is 8.86. The van der Waals surface area contributed by atoms with Crippen LogP contribution in [0.3, 0.4) is 0 Å². The number of fused-ring (bicyclic) bond motifs is 2. The molecule has 1 unspecified atom stereocenters. The maximum absolute atomic E-state index is 12.9. The Morgan fingerprint density at radius 3 is 3.00 bits per heavy atom. The fraction of sp³-hybridized carbons (Fsp3) is 0.565. The van der Waals surface area contributed by atoms with Gasteiger partial charge in [-0.05, 0) is 49.4 Å². The predicted octanol–water partition coefficient (Wildman–Crippen LogP) is 2.52. The number of morpholine rings is 1. The van der Waals surface area contributed by atoms with Gasteiger partial charge in [-0.1, -0.05) is 12.1 Å². The highest BCUT2D eigenvalue weighted by atomic mass is 16.5. The summed E-state index contributed by atoms with van der Waals surface area (Å²) in [5.74, 6) is 0.250. The average molecular weight is 393 g/mol. The summed E-state index contributed by atoms with van der Waals surface area (Å²) in [6.45, 7) is 3.30. The van der Waals surface area contributed by atoms with Crippen molar-refractivity contribution >= 4 is 16.8 Å². The maximum Gasteiger partial charge on any atom is 0.240 e. The van der Waals surface area contributed by atoms with E-state index in [0.29, 0.717) is 50.6 Å². The lowest BCUT2D eigenvalue weighted by Gasteiger charge is -2.46. The SMILES string of the molecule is CN1C[C@H](CC(C#N)C(=O)N2CCOCC2)C[C@@H]2c3cccc4[nH]cc(c34)C[C@H]21. The molecule has 2 aromatic rings. The zero-order valence-electron chi connectivity index (χ0n) is 16.9. The topological polar surface area (TPSA) is 72.4 Å². The van der Waals surface area contributed by atoms with Crippen molar-refractivity contribution < 1.29 is 9.53 Å². The zero-order chi connectivity index (χ0) is 20.0. The molecule has 2 aliphatic heterocycles. The average Bonchev–Trinajstić information content (AvgIpc) is 3.17. The van der Waals surface area contributed by atoms with E-state index >= 15 is 0 Å². The first-order valence-electron chi connectivity index (χ1n) is 10.7. The molecule has 1 N–H and O–H groups in total. The Kier molecular flexibility index (Phi) is 4.81. The van der Waals surface area contributed by atoms with Crippen LogP contribution in [0.15, 0.2) is 24.4 Å². The van der Waals surface area contributed by atoms with Gasteiger partial charge in [0.2, 0.25) is 5.91 Å². The Morgan fingerprint density at radius 2 is 2.21 bits per heavy atom. The number of H-pyrrole nitrogens is 1. The molecule has 0 spiro atoms. The van der Waals surface area contributed by atoms with Crippen LogP contribution in [0.4, 0.5) is 0 Å². The molecule has 152 valence electrons. The Labute approximate surface area is 171 Å². The third kappa shape index (κ3) is 3.23. The molecular weight excluding hydrogens is 364 g/mol. The van der Waals surface area contributed by atoms with E-state index in [1.807, 2.05) is 0 Å². The lowest BCUT2D eigenvalue weighted by molar-refractivity contribution is -0.138. The zero-order valence-corrected chi connectivity index (χ0v) is 16.9. The van der Waals surface area contributed by atoms with Crippen LogP contribution in [-0.2, 0) is 16.0 Å². The molecule has 29 heavy (non-hydrogen) atoms. The van der Waals surface area contributed by atoms with E-state index in [9.17, 15) is 10.1 Å². The fourth-order valence-corrected chi connectivity index (χ4v) is 5.77. The first kappa shape index (κ1) is 18.7. The van der Waals surface area contributed by atoms with Crippen molar-refractivity contribution in [3.63, 3.8) is 0 Å². The summed E-state index contributed by atoms with van der Waals surface area (Å²) in [4.78, 5) is 20.6. The minimum absolute atomic E-state index is 0.0146. The van der Waals surface area contributed by atoms with E-state index in [1.54, 1.807) is 4.90 Å². The Hall–Kier alpha value is -2.36. The molecule has 6 nitrogen and oxygen atoms in total. The van der Waals surface area contributed by atoms with Crippen molar-refractivity contribution in [2.45, 2.75) is 31.2 Å². The monoisotopic (exact) mass is 392 g/mol. The van der Waals surface area contributed by atoms with E-state index in [4.69, 9.17) is 4.74 Å². The van der Waals surface area contributed by atoms with Gasteiger partial charge in [-0.25, -0.2) is 0 Å². The van der Waals surface area contributed by atoms with Crippen LogP contribution >= 0.6 is 0 Å². The Morgan fingerprint density at radius 1 is 1.38 bits per heavy atom. The van der Waals surface area contributed by atoms with Crippen molar-refractivity contribution in [2.24, 2.45) is 11.8 Å². The summed E-state index contributed by atoms with van der Waals surface area (Å²) in [6, 6.07) is 9.37. The molecule has 2 fully saturated rings.